The topological polar surface area (TPSA) is 46.2 Å². The zero-order valence-corrected chi connectivity index (χ0v) is 9.53. The largest absolute Gasteiger partial charge is 0.508 e. The molecule has 0 bridgehead atoms. The van der Waals surface area contributed by atoms with Crippen LogP contribution in [0, 0.1) is 0 Å². The normalized spacial score (nSPS) is 10.2. The average molecular weight is 264 g/mol. The minimum Gasteiger partial charge on any atom is -0.508 e. The fraction of sp³-hybridized carbons (Fsp3) is 0. The Labute approximate surface area is 96.5 Å². The highest BCUT2D eigenvalue weighted by Crippen LogP contribution is 2.27. The number of hydrogen-bond donors (Lipinski definition) is 2. The summed E-state index contributed by atoms with van der Waals surface area (Å²) in [7, 11) is 0. The van der Waals surface area contributed by atoms with Gasteiger partial charge in [-0.15, -0.1) is 0 Å². The molecule has 3 N–H and O–H groups in total. The molecule has 3 heteroatoms. The molecule has 0 fully saturated rings. The Morgan fingerprint density at radius 2 is 1.53 bits per heavy atom. The number of rotatable bonds is 1. The van der Waals surface area contributed by atoms with Crippen LogP contribution in [0.4, 0.5) is 5.69 Å². The summed E-state index contributed by atoms with van der Waals surface area (Å²) in [5, 5.41) is 9.17. The second kappa shape index (κ2) is 3.95. The van der Waals surface area contributed by atoms with Crippen molar-refractivity contribution in [1.82, 2.24) is 0 Å². The van der Waals surface area contributed by atoms with Gasteiger partial charge in [0.05, 0.1) is 0 Å². The third-order valence-electron chi connectivity index (χ3n) is 2.20. The molecule has 0 radical (unpaired) electrons. The number of phenols is 1. The summed E-state index contributed by atoms with van der Waals surface area (Å²) in [5.41, 5.74) is 8.57. The van der Waals surface area contributed by atoms with Crippen molar-refractivity contribution in [3.63, 3.8) is 0 Å². The van der Waals surface area contributed by atoms with Gasteiger partial charge < -0.3 is 10.8 Å². The summed E-state index contributed by atoms with van der Waals surface area (Å²) >= 11 is 3.35. The summed E-state index contributed by atoms with van der Waals surface area (Å²) in [6.45, 7) is 0. The lowest BCUT2D eigenvalue weighted by molar-refractivity contribution is 0.475. The molecular weight excluding hydrogens is 254 g/mol. The Hall–Kier alpha value is -1.48. The fourth-order valence-corrected chi connectivity index (χ4v) is 1.62. The number of benzene rings is 2. The second-order valence-electron chi connectivity index (χ2n) is 3.28. The number of phenolic OH excluding ortho intramolecular Hbond substituents is 1. The van der Waals surface area contributed by atoms with Gasteiger partial charge in [-0.2, -0.15) is 0 Å². The lowest BCUT2D eigenvalue weighted by Gasteiger charge is -2.04. The van der Waals surface area contributed by atoms with Crippen LogP contribution in [-0.2, 0) is 0 Å². The predicted octanol–water partition coefficient (Wildman–Crippen LogP) is 3.40. The summed E-state index contributed by atoms with van der Waals surface area (Å²) < 4.78 is 0.894. The quantitative estimate of drug-likeness (QED) is 0.775. The van der Waals surface area contributed by atoms with E-state index in [4.69, 9.17) is 5.73 Å². The molecule has 0 amide bonds. The zero-order chi connectivity index (χ0) is 10.8. The van der Waals surface area contributed by atoms with Crippen LogP contribution in [0.3, 0.4) is 0 Å². The minimum absolute atomic E-state index is 0.267. The first-order valence-corrected chi connectivity index (χ1v) is 5.30. The van der Waals surface area contributed by atoms with Gasteiger partial charge in [0.25, 0.3) is 0 Å². The molecule has 15 heavy (non-hydrogen) atoms. The predicted molar refractivity (Wildman–Crippen MR) is 65.7 cm³/mol. The molecule has 0 aliphatic rings. The standard InChI is InChI=1S/C12H10BrNO/c13-11-6-3-9(7-12(11)14)8-1-4-10(15)5-2-8/h1-7,15H,14H2. The number of nitrogen functional groups attached to an aromatic ring is 1. The molecule has 0 aliphatic carbocycles. The van der Waals surface area contributed by atoms with E-state index >= 15 is 0 Å². The van der Waals surface area contributed by atoms with E-state index in [-0.39, 0.29) is 5.75 Å². The number of hydrogen-bond acceptors (Lipinski definition) is 2. The molecule has 0 saturated carbocycles. The van der Waals surface area contributed by atoms with Gasteiger partial charge in [-0.3, -0.25) is 0 Å². The minimum atomic E-state index is 0.267. The molecule has 0 heterocycles. The fourth-order valence-electron chi connectivity index (χ4n) is 1.38. The third-order valence-corrected chi connectivity index (χ3v) is 2.92. The van der Waals surface area contributed by atoms with Crippen LogP contribution in [0.15, 0.2) is 46.9 Å². The summed E-state index contributed by atoms with van der Waals surface area (Å²) in [6.07, 6.45) is 0. The lowest BCUT2D eigenvalue weighted by atomic mass is 10.1. The maximum atomic E-state index is 9.17. The Morgan fingerprint density at radius 1 is 0.933 bits per heavy atom. The first-order valence-electron chi connectivity index (χ1n) is 4.51. The Kier molecular flexibility index (Phi) is 2.64. The van der Waals surface area contributed by atoms with Crippen molar-refractivity contribution in [2.45, 2.75) is 0 Å². The zero-order valence-electron chi connectivity index (χ0n) is 7.94. The van der Waals surface area contributed by atoms with Crippen LogP contribution in [0.1, 0.15) is 0 Å². The van der Waals surface area contributed by atoms with E-state index in [1.54, 1.807) is 12.1 Å². The molecule has 76 valence electrons. The molecule has 0 atom stereocenters. The number of halogens is 1. The van der Waals surface area contributed by atoms with Gasteiger partial charge in [-0.05, 0) is 51.3 Å². The van der Waals surface area contributed by atoms with Gasteiger partial charge in [0.1, 0.15) is 5.75 Å². The van der Waals surface area contributed by atoms with Gasteiger partial charge >= 0.3 is 0 Å². The van der Waals surface area contributed by atoms with Crippen molar-refractivity contribution in [3.05, 3.63) is 46.9 Å². The molecule has 0 spiro atoms. The highest BCUT2D eigenvalue weighted by molar-refractivity contribution is 9.10. The molecule has 0 saturated heterocycles. The Balaban J connectivity index is 2.45. The molecule has 0 unspecified atom stereocenters. The van der Waals surface area contributed by atoms with Crippen LogP contribution in [-0.4, -0.2) is 5.11 Å². The van der Waals surface area contributed by atoms with E-state index < -0.39 is 0 Å². The first-order chi connectivity index (χ1) is 7.16. The van der Waals surface area contributed by atoms with E-state index in [0.717, 1.165) is 15.6 Å². The van der Waals surface area contributed by atoms with Crippen molar-refractivity contribution in [2.75, 3.05) is 5.73 Å². The van der Waals surface area contributed by atoms with E-state index in [0.29, 0.717) is 5.69 Å². The van der Waals surface area contributed by atoms with Crippen molar-refractivity contribution >= 4 is 21.6 Å². The summed E-state index contributed by atoms with van der Waals surface area (Å²) in [5.74, 6) is 0.267. The molecule has 0 aliphatic heterocycles. The highest BCUT2D eigenvalue weighted by atomic mass is 79.9. The molecule has 2 aromatic carbocycles. The van der Waals surface area contributed by atoms with Gasteiger partial charge in [-0.1, -0.05) is 18.2 Å². The Bertz CT molecular complexity index is 479. The summed E-state index contributed by atoms with van der Waals surface area (Å²) in [4.78, 5) is 0. The lowest BCUT2D eigenvalue weighted by Crippen LogP contribution is -1.87. The number of nitrogens with two attached hydrogens (primary N) is 1. The van der Waals surface area contributed by atoms with Crippen molar-refractivity contribution < 1.29 is 5.11 Å². The van der Waals surface area contributed by atoms with E-state index in [2.05, 4.69) is 15.9 Å². The maximum Gasteiger partial charge on any atom is 0.115 e. The smallest absolute Gasteiger partial charge is 0.115 e. The maximum absolute atomic E-state index is 9.17. The first kappa shape index (κ1) is 10.1. The van der Waals surface area contributed by atoms with Crippen LogP contribution in [0.5, 0.6) is 5.75 Å². The number of aromatic hydroxyl groups is 1. The monoisotopic (exact) mass is 263 g/mol. The van der Waals surface area contributed by atoms with Crippen molar-refractivity contribution in [3.8, 4) is 16.9 Å². The molecule has 2 nitrogen and oxygen atoms in total. The van der Waals surface area contributed by atoms with Crippen LogP contribution >= 0.6 is 15.9 Å². The van der Waals surface area contributed by atoms with E-state index in [9.17, 15) is 5.11 Å². The van der Waals surface area contributed by atoms with Crippen molar-refractivity contribution in [1.29, 1.82) is 0 Å². The van der Waals surface area contributed by atoms with Crippen molar-refractivity contribution in [2.24, 2.45) is 0 Å². The molecule has 2 aromatic rings. The molecule has 2 rings (SSSR count). The molecule has 0 aromatic heterocycles. The van der Waals surface area contributed by atoms with Gasteiger partial charge in [0.2, 0.25) is 0 Å². The van der Waals surface area contributed by atoms with Gasteiger partial charge in [0.15, 0.2) is 0 Å². The SMILES string of the molecule is Nc1cc(-c2ccc(O)cc2)ccc1Br. The average Bonchev–Trinajstić information content (AvgIpc) is 2.23. The number of anilines is 1. The third kappa shape index (κ3) is 2.13. The van der Waals surface area contributed by atoms with Gasteiger partial charge in [0, 0.05) is 10.2 Å². The van der Waals surface area contributed by atoms with Crippen LogP contribution < -0.4 is 5.73 Å². The van der Waals surface area contributed by atoms with Gasteiger partial charge in [-0.25, -0.2) is 0 Å². The molecular formula is C12H10BrNO. The second-order valence-corrected chi connectivity index (χ2v) is 4.14. The summed E-state index contributed by atoms with van der Waals surface area (Å²) in [6, 6.07) is 12.8. The van der Waals surface area contributed by atoms with E-state index in [1.807, 2.05) is 30.3 Å². The van der Waals surface area contributed by atoms with E-state index in [1.165, 1.54) is 0 Å². The highest BCUT2D eigenvalue weighted by Gasteiger charge is 2.00. The van der Waals surface area contributed by atoms with Crippen LogP contribution in [0.25, 0.3) is 11.1 Å². The van der Waals surface area contributed by atoms with Crippen LogP contribution in [0.2, 0.25) is 0 Å². The Morgan fingerprint density at radius 3 is 2.13 bits per heavy atom.